The molecule has 0 saturated carbocycles. The second-order valence-electron chi connectivity index (χ2n) is 7.23. The highest BCUT2D eigenvalue weighted by Crippen LogP contribution is 2.33. The van der Waals surface area contributed by atoms with Crippen LogP contribution in [-0.2, 0) is 14.3 Å². The van der Waals surface area contributed by atoms with Gasteiger partial charge in [0.15, 0.2) is 0 Å². The number of thioether (sulfide) groups is 1. The third-order valence-corrected chi connectivity index (χ3v) is 5.16. The molecule has 21 heavy (non-hydrogen) atoms. The smallest absolute Gasteiger partial charge is 0.319 e. The fourth-order valence-electron chi connectivity index (χ4n) is 2.47. The molecule has 1 atom stereocenters. The molecule has 0 radical (unpaired) electrons. The third kappa shape index (κ3) is 5.20. The van der Waals surface area contributed by atoms with Crippen LogP contribution in [0.5, 0.6) is 0 Å². The lowest BCUT2D eigenvalue weighted by Crippen LogP contribution is -2.46. The van der Waals surface area contributed by atoms with Gasteiger partial charge in [0.25, 0.3) is 0 Å². The summed E-state index contributed by atoms with van der Waals surface area (Å²) in [6, 6.07) is 0. The van der Waals surface area contributed by atoms with Crippen molar-refractivity contribution in [3.05, 3.63) is 0 Å². The number of hydrogen-bond acceptors (Lipinski definition) is 4. The second-order valence-corrected chi connectivity index (χ2v) is 9.04. The molecule has 4 nitrogen and oxygen atoms in total. The molecule has 1 aliphatic rings. The van der Waals surface area contributed by atoms with E-state index in [1.54, 1.807) is 6.92 Å². The minimum absolute atomic E-state index is 0.0840. The first-order chi connectivity index (χ1) is 9.58. The Labute approximate surface area is 133 Å². The number of amides is 1. The monoisotopic (exact) mass is 315 g/mol. The Bertz CT molecular complexity index is 387. The zero-order valence-electron chi connectivity index (χ0n) is 14.2. The van der Waals surface area contributed by atoms with Gasteiger partial charge in [0.1, 0.15) is 5.92 Å². The van der Waals surface area contributed by atoms with Crippen molar-refractivity contribution < 1.29 is 14.3 Å². The zero-order chi connectivity index (χ0) is 16.3. The lowest BCUT2D eigenvalue weighted by atomic mass is 9.79. The van der Waals surface area contributed by atoms with Crippen molar-refractivity contribution in [2.24, 2.45) is 11.3 Å². The molecule has 0 bridgehead atoms. The van der Waals surface area contributed by atoms with E-state index >= 15 is 0 Å². The van der Waals surface area contributed by atoms with Crippen LogP contribution in [0.3, 0.4) is 0 Å². The maximum atomic E-state index is 12.8. The molecule has 1 rings (SSSR count). The van der Waals surface area contributed by atoms with Crippen LogP contribution in [0.25, 0.3) is 0 Å². The van der Waals surface area contributed by atoms with Crippen molar-refractivity contribution in [2.75, 3.05) is 25.4 Å². The van der Waals surface area contributed by atoms with Crippen LogP contribution in [0.2, 0.25) is 0 Å². The summed E-state index contributed by atoms with van der Waals surface area (Å²) >= 11 is 1.89. The molecule has 122 valence electrons. The highest BCUT2D eigenvalue weighted by molar-refractivity contribution is 8.00. The molecule has 0 aromatic rings. The van der Waals surface area contributed by atoms with Gasteiger partial charge in [0.2, 0.25) is 5.91 Å². The molecule has 0 aromatic heterocycles. The van der Waals surface area contributed by atoms with E-state index in [0.717, 1.165) is 12.2 Å². The lowest BCUT2D eigenvalue weighted by molar-refractivity contribution is -0.160. The predicted molar refractivity (Wildman–Crippen MR) is 87.3 cm³/mol. The van der Waals surface area contributed by atoms with E-state index in [1.807, 2.05) is 37.4 Å². The first-order valence-electron chi connectivity index (χ1n) is 7.68. The van der Waals surface area contributed by atoms with Crippen molar-refractivity contribution in [1.29, 1.82) is 0 Å². The second kappa shape index (κ2) is 7.03. The Hall–Kier alpha value is -0.710. The molecule has 1 saturated heterocycles. The van der Waals surface area contributed by atoms with Crippen molar-refractivity contribution in [3.8, 4) is 0 Å². The van der Waals surface area contributed by atoms with Gasteiger partial charge in [-0.05, 0) is 18.8 Å². The average Bonchev–Trinajstić information content (AvgIpc) is 2.48. The predicted octanol–water partition coefficient (Wildman–Crippen LogP) is 2.96. The van der Waals surface area contributed by atoms with E-state index in [9.17, 15) is 9.59 Å². The molecule has 0 N–H and O–H groups in total. The minimum atomic E-state index is -0.719. The van der Waals surface area contributed by atoms with Gasteiger partial charge in [0.05, 0.1) is 6.61 Å². The number of nitrogens with zero attached hydrogens (tertiary/aromatic N) is 1. The Balaban J connectivity index is 2.88. The van der Waals surface area contributed by atoms with Crippen LogP contribution >= 0.6 is 11.8 Å². The van der Waals surface area contributed by atoms with Gasteiger partial charge >= 0.3 is 5.97 Å². The summed E-state index contributed by atoms with van der Waals surface area (Å²) in [5.41, 5.74) is -0.432. The van der Waals surface area contributed by atoms with Crippen molar-refractivity contribution in [3.63, 3.8) is 0 Å². The van der Waals surface area contributed by atoms with Gasteiger partial charge in [0, 0.05) is 23.6 Å². The van der Waals surface area contributed by atoms with Crippen molar-refractivity contribution in [2.45, 2.75) is 52.7 Å². The highest BCUT2D eigenvalue weighted by atomic mass is 32.2. The molecule has 1 heterocycles. The molecular weight excluding hydrogens is 286 g/mol. The molecular formula is C16H29NO3S. The van der Waals surface area contributed by atoms with E-state index in [0.29, 0.717) is 19.7 Å². The lowest BCUT2D eigenvalue weighted by Gasteiger charge is -2.32. The number of carbonyl (C=O) groups excluding carboxylic acids is 2. The van der Waals surface area contributed by atoms with Gasteiger partial charge in [-0.3, -0.25) is 9.59 Å². The van der Waals surface area contributed by atoms with Crippen LogP contribution in [0.4, 0.5) is 0 Å². The van der Waals surface area contributed by atoms with E-state index in [2.05, 4.69) is 13.8 Å². The number of hydrogen-bond donors (Lipinski definition) is 0. The average molecular weight is 315 g/mol. The van der Waals surface area contributed by atoms with Crippen LogP contribution < -0.4 is 0 Å². The van der Waals surface area contributed by atoms with Crippen LogP contribution in [0.15, 0.2) is 0 Å². The van der Waals surface area contributed by atoms with Crippen LogP contribution in [0.1, 0.15) is 48.0 Å². The fraction of sp³-hybridized carbons (Fsp3) is 0.875. The zero-order valence-corrected chi connectivity index (χ0v) is 15.0. The minimum Gasteiger partial charge on any atom is -0.465 e. The van der Waals surface area contributed by atoms with Gasteiger partial charge in [-0.2, -0.15) is 11.8 Å². The summed E-state index contributed by atoms with van der Waals surface area (Å²) < 4.78 is 5.31. The van der Waals surface area contributed by atoms with E-state index in [4.69, 9.17) is 4.74 Å². The van der Waals surface area contributed by atoms with Gasteiger partial charge in [-0.1, -0.05) is 34.6 Å². The number of esters is 1. The Morgan fingerprint density at radius 3 is 2.43 bits per heavy atom. The first-order valence-corrected chi connectivity index (χ1v) is 8.66. The van der Waals surface area contributed by atoms with E-state index in [1.165, 1.54) is 0 Å². The van der Waals surface area contributed by atoms with E-state index < -0.39 is 17.3 Å². The topological polar surface area (TPSA) is 46.6 Å². The third-order valence-electron chi connectivity index (χ3n) is 3.78. The maximum Gasteiger partial charge on any atom is 0.319 e. The summed E-state index contributed by atoms with van der Waals surface area (Å²) in [5.74, 6) is -0.285. The maximum absolute atomic E-state index is 12.8. The van der Waals surface area contributed by atoms with Crippen molar-refractivity contribution in [1.82, 2.24) is 4.90 Å². The molecule has 1 aliphatic heterocycles. The standard InChI is InChI=1S/C16H29NO3S/c1-7-20-14(19)12(15(2,3)4)13(18)17-9-8-16(5,6)21-11-10-17/h12H,7-11H2,1-6H3. The summed E-state index contributed by atoms with van der Waals surface area (Å²) in [4.78, 5) is 26.9. The Morgan fingerprint density at radius 2 is 1.90 bits per heavy atom. The summed E-state index contributed by atoms with van der Waals surface area (Å²) in [6.07, 6.45) is 0.948. The van der Waals surface area contributed by atoms with Gasteiger partial charge in [-0.15, -0.1) is 0 Å². The van der Waals surface area contributed by atoms with E-state index in [-0.39, 0.29) is 10.7 Å². The summed E-state index contributed by atoms with van der Waals surface area (Å²) in [7, 11) is 0. The van der Waals surface area contributed by atoms with Crippen molar-refractivity contribution >= 4 is 23.6 Å². The van der Waals surface area contributed by atoms with Gasteiger partial charge < -0.3 is 9.64 Å². The fourth-order valence-corrected chi connectivity index (χ4v) is 3.57. The number of ether oxygens (including phenoxy) is 1. The van der Waals surface area contributed by atoms with Crippen LogP contribution in [0, 0.1) is 11.3 Å². The molecule has 0 spiro atoms. The van der Waals surface area contributed by atoms with Gasteiger partial charge in [-0.25, -0.2) is 0 Å². The molecule has 0 aliphatic carbocycles. The molecule has 1 unspecified atom stereocenters. The Morgan fingerprint density at radius 1 is 1.29 bits per heavy atom. The first kappa shape index (κ1) is 18.3. The molecule has 5 heteroatoms. The Kier molecular flexibility index (Phi) is 6.14. The molecule has 1 amide bonds. The SMILES string of the molecule is CCOC(=O)C(C(=O)N1CCSC(C)(C)CC1)C(C)(C)C. The number of rotatable bonds is 3. The molecule has 0 aromatic carbocycles. The normalized spacial score (nSPS) is 20.6. The summed E-state index contributed by atoms with van der Waals surface area (Å²) in [6.45, 7) is 13.7. The number of carbonyl (C=O) groups is 2. The molecule has 1 fully saturated rings. The summed E-state index contributed by atoms with van der Waals surface area (Å²) in [5, 5.41) is 0. The largest absolute Gasteiger partial charge is 0.465 e. The van der Waals surface area contributed by atoms with Crippen LogP contribution in [-0.4, -0.2) is 47.0 Å². The quantitative estimate of drug-likeness (QED) is 0.593. The highest BCUT2D eigenvalue weighted by Gasteiger charge is 2.41.